The van der Waals surface area contributed by atoms with Crippen molar-refractivity contribution < 1.29 is 4.79 Å². The van der Waals surface area contributed by atoms with Crippen LogP contribution in [0.15, 0.2) is 6.20 Å². The fraction of sp³-hybridized carbons (Fsp3) is 0.692. The first-order valence-corrected chi connectivity index (χ1v) is 6.31. The zero-order valence-electron chi connectivity index (χ0n) is 10.7. The molecule has 0 bridgehead atoms. The lowest BCUT2D eigenvalue weighted by Gasteiger charge is -2.48. The normalized spacial score (nSPS) is 32.3. The van der Waals surface area contributed by atoms with Crippen LogP contribution in [0.5, 0.6) is 0 Å². The predicted molar refractivity (Wildman–Crippen MR) is 64.7 cm³/mol. The average molecular weight is 233 g/mol. The molecule has 0 aromatic carbocycles. The number of carbonyl (C=O) groups is 1. The highest BCUT2D eigenvalue weighted by molar-refractivity contribution is 5.78. The van der Waals surface area contributed by atoms with Crippen LogP contribution in [0, 0.1) is 0 Å². The molecule has 2 heterocycles. The summed E-state index contributed by atoms with van der Waals surface area (Å²) < 4.78 is 1.91. The number of piperidine rings is 1. The predicted octanol–water partition coefficient (Wildman–Crippen LogP) is 1.24. The van der Waals surface area contributed by atoms with Crippen molar-refractivity contribution in [2.75, 3.05) is 7.05 Å². The van der Waals surface area contributed by atoms with Gasteiger partial charge in [-0.25, -0.2) is 0 Å². The number of hydrogen-bond donors (Lipinski definition) is 0. The molecule has 4 nitrogen and oxygen atoms in total. The fourth-order valence-corrected chi connectivity index (χ4v) is 3.59. The third-order valence-electron chi connectivity index (χ3n) is 4.59. The van der Waals surface area contributed by atoms with E-state index in [1.54, 1.807) is 0 Å². The maximum absolute atomic E-state index is 11.8. The van der Waals surface area contributed by atoms with Gasteiger partial charge >= 0.3 is 0 Å². The molecule has 0 N–H and O–H groups in total. The molecular formula is C13H19N3O. The summed E-state index contributed by atoms with van der Waals surface area (Å²) in [6.45, 7) is 2.27. The van der Waals surface area contributed by atoms with Crippen LogP contribution in [-0.2, 0) is 23.7 Å². The summed E-state index contributed by atoms with van der Waals surface area (Å²) in [6, 6.07) is 0.325. The Hall–Kier alpha value is -1.32. The van der Waals surface area contributed by atoms with Gasteiger partial charge in [0, 0.05) is 38.2 Å². The largest absolute Gasteiger partial charge is 0.342 e. The molecule has 0 saturated carbocycles. The van der Waals surface area contributed by atoms with Gasteiger partial charge in [-0.3, -0.25) is 9.48 Å². The second-order valence-corrected chi connectivity index (χ2v) is 5.65. The monoisotopic (exact) mass is 233 g/mol. The highest BCUT2D eigenvalue weighted by atomic mass is 16.2. The number of fused-ring (bicyclic) bond motifs is 3. The number of hydrogen-bond acceptors (Lipinski definition) is 2. The number of aromatic nitrogens is 2. The SMILES string of the molecule is CN1C(=O)CC[C@]2(C)c3nn(C)cc3CC[C@@H]12. The number of likely N-dealkylation sites (N-methyl/N-ethyl adjacent to an activating group) is 1. The van der Waals surface area contributed by atoms with Crippen molar-refractivity contribution in [3.05, 3.63) is 17.5 Å². The maximum atomic E-state index is 11.8. The topological polar surface area (TPSA) is 38.1 Å². The first-order valence-electron chi connectivity index (χ1n) is 6.31. The zero-order chi connectivity index (χ0) is 12.2. The highest BCUT2D eigenvalue weighted by Gasteiger charge is 2.48. The van der Waals surface area contributed by atoms with Gasteiger partial charge in [0.2, 0.25) is 5.91 Å². The molecule has 2 aliphatic rings. The van der Waals surface area contributed by atoms with Gasteiger partial charge in [-0.05, 0) is 24.8 Å². The van der Waals surface area contributed by atoms with E-state index in [9.17, 15) is 4.79 Å². The molecule has 1 saturated heterocycles. The zero-order valence-corrected chi connectivity index (χ0v) is 10.7. The number of aryl methyl sites for hydroxylation is 2. The van der Waals surface area contributed by atoms with Gasteiger partial charge in [-0.2, -0.15) is 5.10 Å². The summed E-state index contributed by atoms with van der Waals surface area (Å²) in [7, 11) is 3.92. The number of carbonyl (C=O) groups excluding carboxylic acids is 1. The van der Waals surface area contributed by atoms with Crippen LogP contribution < -0.4 is 0 Å². The quantitative estimate of drug-likeness (QED) is 0.676. The Labute approximate surface area is 102 Å². The van der Waals surface area contributed by atoms with Gasteiger partial charge in [-0.15, -0.1) is 0 Å². The Morgan fingerprint density at radius 3 is 2.94 bits per heavy atom. The van der Waals surface area contributed by atoms with Crippen LogP contribution in [0.3, 0.4) is 0 Å². The summed E-state index contributed by atoms with van der Waals surface area (Å²) in [5.74, 6) is 0.284. The van der Waals surface area contributed by atoms with Crippen molar-refractivity contribution in [3.8, 4) is 0 Å². The van der Waals surface area contributed by atoms with Crippen molar-refractivity contribution in [2.24, 2.45) is 7.05 Å². The summed E-state index contributed by atoms with van der Waals surface area (Å²) >= 11 is 0. The van der Waals surface area contributed by atoms with E-state index < -0.39 is 0 Å². The van der Waals surface area contributed by atoms with E-state index in [1.165, 1.54) is 11.3 Å². The van der Waals surface area contributed by atoms with Crippen LogP contribution >= 0.6 is 0 Å². The molecule has 0 spiro atoms. The molecule has 1 aliphatic heterocycles. The van der Waals surface area contributed by atoms with Crippen molar-refractivity contribution in [2.45, 2.75) is 44.1 Å². The Balaban J connectivity index is 2.08. The van der Waals surface area contributed by atoms with E-state index in [1.807, 2.05) is 23.7 Å². The van der Waals surface area contributed by atoms with E-state index in [0.29, 0.717) is 12.5 Å². The van der Waals surface area contributed by atoms with E-state index in [2.05, 4.69) is 18.2 Å². The molecule has 2 atom stereocenters. The molecule has 17 heavy (non-hydrogen) atoms. The Bertz CT molecular complexity index is 479. The third kappa shape index (κ3) is 1.36. The molecule has 1 aliphatic carbocycles. The Morgan fingerprint density at radius 1 is 1.41 bits per heavy atom. The Kier molecular flexibility index (Phi) is 2.12. The molecule has 1 amide bonds. The molecule has 1 aromatic heterocycles. The van der Waals surface area contributed by atoms with Crippen LogP contribution in [0.2, 0.25) is 0 Å². The number of rotatable bonds is 0. The van der Waals surface area contributed by atoms with E-state index in [0.717, 1.165) is 19.3 Å². The fourth-order valence-electron chi connectivity index (χ4n) is 3.59. The van der Waals surface area contributed by atoms with Gasteiger partial charge in [0.1, 0.15) is 0 Å². The smallest absolute Gasteiger partial charge is 0.222 e. The lowest BCUT2D eigenvalue weighted by atomic mass is 9.66. The minimum Gasteiger partial charge on any atom is -0.342 e. The second kappa shape index (κ2) is 3.34. The summed E-state index contributed by atoms with van der Waals surface area (Å²) in [6.07, 6.45) is 5.83. The van der Waals surface area contributed by atoms with E-state index >= 15 is 0 Å². The van der Waals surface area contributed by atoms with E-state index in [-0.39, 0.29) is 11.3 Å². The summed E-state index contributed by atoms with van der Waals surface area (Å²) in [5.41, 5.74) is 2.64. The van der Waals surface area contributed by atoms with Gasteiger partial charge in [0.05, 0.1) is 5.69 Å². The maximum Gasteiger partial charge on any atom is 0.222 e. The standard InChI is InChI=1S/C13H19N3O/c1-13-7-6-11(17)16(3)10(13)5-4-9-8-15(2)14-12(9)13/h8,10H,4-7H2,1-3H3/t10-,13+/m1/s1. The minimum absolute atomic E-state index is 0.0531. The lowest BCUT2D eigenvalue weighted by Crippen LogP contribution is -2.56. The molecule has 0 radical (unpaired) electrons. The van der Waals surface area contributed by atoms with Crippen molar-refractivity contribution in [3.63, 3.8) is 0 Å². The molecule has 3 rings (SSSR count). The number of nitrogens with zero attached hydrogens (tertiary/aromatic N) is 3. The second-order valence-electron chi connectivity index (χ2n) is 5.65. The molecule has 1 fully saturated rings. The number of likely N-dealkylation sites (tertiary alicyclic amines) is 1. The van der Waals surface area contributed by atoms with Crippen LogP contribution in [0.25, 0.3) is 0 Å². The van der Waals surface area contributed by atoms with Gasteiger partial charge in [-0.1, -0.05) is 6.92 Å². The summed E-state index contributed by atoms with van der Waals surface area (Å²) in [4.78, 5) is 13.8. The van der Waals surface area contributed by atoms with E-state index in [4.69, 9.17) is 0 Å². The highest BCUT2D eigenvalue weighted by Crippen LogP contribution is 2.44. The van der Waals surface area contributed by atoms with Crippen molar-refractivity contribution >= 4 is 5.91 Å². The lowest BCUT2D eigenvalue weighted by molar-refractivity contribution is -0.138. The van der Waals surface area contributed by atoms with Crippen molar-refractivity contribution in [1.82, 2.24) is 14.7 Å². The molecule has 4 heteroatoms. The van der Waals surface area contributed by atoms with Gasteiger partial charge in [0.15, 0.2) is 0 Å². The van der Waals surface area contributed by atoms with Gasteiger partial charge < -0.3 is 4.90 Å². The summed E-state index contributed by atoms with van der Waals surface area (Å²) in [5, 5.41) is 4.65. The van der Waals surface area contributed by atoms with Gasteiger partial charge in [0.25, 0.3) is 0 Å². The van der Waals surface area contributed by atoms with Crippen LogP contribution in [0.4, 0.5) is 0 Å². The number of amides is 1. The van der Waals surface area contributed by atoms with Crippen LogP contribution in [0.1, 0.15) is 37.4 Å². The van der Waals surface area contributed by atoms with Crippen molar-refractivity contribution in [1.29, 1.82) is 0 Å². The molecule has 92 valence electrons. The third-order valence-corrected chi connectivity index (χ3v) is 4.59. The van der Waals surface area contributed by atoms with Crippen LogP contribution in [-0.4, -0.2) is 33.7 Å². The molecular weight excluding hydrogens is 214 g/mol. The first kappa shape index (κ1) is 10.8. The Morgan fingerprint density at radius 2 is 2.18 bits per heavy atom. The minimum atomic E-state index is 0.0531. The molecule has 1 aromatic rings. The molecule has 0 unspecified atom stereocenters. The average Bonchev–Trinajstić information content (AvgIpc) is 2.66. The first-order chi connectivity index (χ1) is 8.02.